The Morgan fingerprint density at radius 1 is 0.739 bits per heavy atom. The van der Waals surface area contributed by atoms with Gasteiger partial charge in [-0.25, -0.2) is 0 Å². The Morgan fingerprint density at radius 2 is 1.39 bits per heavy atom. The van der Waals surface area contributed by atoms with Gasteiger partial charge in [-0.2, -0.15) is 0 Å². The molecule has 0 saturated heterocycles. The van der Waals surface area contributed by atoms with Gasteiger partial charge in [0.05, 0.1) is 0 Å². The molecule has 0 saturated carbocycles. The maximum absolute atomic E-state index is 2.55. The van der Waals surface area contributed by atoms with Crippen molar-refractivity contribution < 1.29 is 0 Å². The van der Waals surface area contributed by atoms with Crippen LogP contribution in [0.5, 0.6) is 0 Å². The van der Waals surface area contributed by atoms with Crippen molar-refractivity contribution in [3.63, 3.8) is 0 Å². The number of benzene rings is 2. The summed E-state index contributed by atoms with van der Waals surface area (Å²) in [7, 11) is -3.29. The van der Waals surface area contributed by atoms with E-state index >= 15 is 0 Å². The fourth-order valence-electron chi connectivity index (χ4n) is 4.37. The quantitative estimate of drug-likeness (QED) is 0.647. The molecule has 1 aliphatic heterocycles. The molecule has 23 heavy (non-hydrogen) atoms. The highest BCUT2D eigenvalue weighted by Gasteiger charge is 2.45. The van der Waals surface area contributed by atoms with Crippen LogP contribution in [0.3, 0.4) is 0 Å². The summed E-state index contributed by atoms with van der Waals surface area (Å²) in [5, 5.41) is 6.80. The Morgan fingerprint density at radius 3 is 2.00 bits per heavy atom. The summed E-state index contributed by atoms with van der Waals surface area (Å²) in [5.41, 5.74) is 3.20. The lowest BCUT2D eigenvalue weighted by molar-refractivity contribution is 0.594. The fraction of sp³-hybridized carbons (Fsp3) is 0.429. The van der Waals surface area contributed by atoms with Crippen molar-refractivity contribution in [3.05, 3.63) is 47.5 Å². The minimum atomic E-state index is -1.66. The number of aryl methyl sites for hydroxylation is 1. The molecule has 0 N–H and O–H groups in total. The molecule has 0 aromatic heterocycles. The van der Waals surface area contributed by atoms with Gasteiger partial charge in [-0.1, -0.05) is 110 Å². The van der Waals surface area contributed by atoms with Gasteiger partial charge in [-0.05, 0) is 17.9 Å². The van der Waals surface area contributed by atoms with Gasteiger partial charge >= 0.3 is 0 Å². The summed E-state index contributed by atoms with van der Waals surface area (Å²) in [5.74, 6) is 0. The van der Waals surface area contributed by atoms with E-state index in [0.717, 1.165) is 0 Å². The van der Waals surface area contributed by atoms with E-state index in [4.69, 9.17) is 0 Å². The first-order valence-electron chi connectivity index (χ1n) is 8.73. The lowest BCUT2D eigenvalue weighted by Crippen LogP contribution is -2.78. The van der Waals surface area contributed by atoms with Crippen LogP contribution in [0.15, 0.2) is 36.4 Å². The largest absolute Gasteiger partial charge is 0.112 e. The molecule has 2 aromatic carbocycles. The highest BCUT2D eigenvalue weighted by Crippen LogP contribution is 2.25. The predicted molar refractivity (Wildman–Crippen MR) is 110 cm³/mol. The van der Waals surface area contributed by atoms with Gasteiger partial charge < -0.3 is 0 Å². The monoisotopic (exact) mass is 338 g/mol. The van der Waals surface area contributed by atoms with E-state index < -0.39 is 16.1 Å². The van der Waals surface area contributed by atoms with Crippen molar-refractivity contribution in [1.82, 2.24) is 0 Å². The molecule has 122 valence electrons. The zero-order valence-electron chi connectivity index (χ0n) is 16.0. The van der Waals surface area contributed by atoms with Crippen molar-refractivity contribution in [2.45, 2.75) is 59.3 Å². The molecule has 0 aliphatic carbocycles. The predicted octanol–water partition coefficient (Wildman–Crippen LogP) is 3.25. The molecule has 0 nitrogen and oxygen atoms in total. The van der Waals surface area contributed by atoms with Gasteiger partial charge in [-0.3, -0.25) is 0 Å². The molecule has 0 bridgehead atoms. The normalized spacial score (nSPS) is 18.3. The third-order valence-corrected chi connectivity index (χ3v) is 13.3. The molecule has 3 rings (SSSR count). The van der Waals surface area contributed by atoms with Crippen LogP contribution in [0, 0.1) is 6.92 Å². The molecule has 0 amide bonds. The van der Waals surface area contributed by atoms with Gasteiger partial charge in [0.15, 0.2) is 0 Å². The highest BCUT2D eigenvalue weighted by atomic mass is 28.3. The lowest BCUT2D eigenvalue weighted by Gasteiger charge is -2.44. The van der Waals surface area contributed by atoms with Gasteiger partial charge in [0.25, 0.3) is 0 Å². The Balaban J connectivity index is 2.44. The highest BCUT2D eigenvalue weighted by molar-refractivity contribution is 7.16. The Kier molecular flexibility index (Phi) is 3.59. The van der Waals surface area contributed by atoms with Gasteiger partial charge in [0.1, 0.15) is 16.1 Å². The van der Waals surface area contributed by atoms with Crippen molar-refractivity contribution in [2.24, 2.45) is 0 Å². The maximum Gasteiger partial charge on any atom is 0.112 e. The standard InChI is InChI=1S/C21H30Si2/c1-15-12-13-17-19(14-15)22(5,6)18-11-9-10-16(21(2,3)4)20(18)23(17,7)8/h9-14H,1-8H3. The van der Waals surface area contributed by atoms with E-state index in [9.17, 15) is 0 Å². The second-order valence-corrected chi connectivity index (χ2v) is 17.9. The van der Waals surface area contributed by atoms with Crippen LogP contribution < -0.4 is 20.7 Å². The summed E-state index contributed by atoms with van der Waals surface area (Å²) in [6.07, 6.45) is 0. The van der Waals surface area contributed by atoms with E-state index in [1.165, 1.54) is 5.56 Å². The first kappa shape index (κ1) is 16.7. The average Bonchev–Trinajstić information content (AvgIpc) is 2.44. The maximum atomic E-state index is 2.55. The van der Waals surface area contributed by atoms with Crippen LogP contribution in [0.2, 0.25) is 26.2 Å². The third-order valence-electron chi connectivity index (χ3n) is 5.69. The van der Waals surface area contributed by atoms with Crippen molar-refractivity contribution in [2.75, 3.05) is 0 Å². The summed E-state index contributed by atoms with van der Waals surface area (Å²) in [6, 6.07) is 14.4. The molecule has 0 unspecified atom stereocenters. The van der Waals surface area contributed by atoms with Crippen molar-refractivity contribution in [3.8, 4) is 0 Å². The van der Waals surface area contributed by atoms with Crippen LogP contribution in [0.4, 0.5) is 0 Å². The molecular weight excluding hydrogens is 308 g/mol. The van der Waals surface area contributed by atoms with Gasteiger partial charge in [0, 0.05) is 0 Å². The number of fused-ring (bicyclic) bond motifs is 2. The Hall–Kier alpha value is -1.13. The summed E-state index contributed by atoms with van der Waals surface area (Å²) >= 11 is 0. The molecule has 0 atom stereocenters. The first-order chi connectivity index (χ1) is 10.5. The number of rotatable bonds is 0. The summed E-state index contributed by atoms with van der Waals surface area (Å²) in [6.45, 7) is 19.5. The summed E-state index contributed by atoms with van der Waals surface area (Å²) < 4.78 is 0. The third kappa shape index (κ3) is 2.38. The van der Waals surface area contributed by atoms with E-state index in [1.807, 2.05) is 0 Å². The topological polar surface area (TPSA) is 0 Å². The molecule has 2 aromatic rings. The number of hydrogen-bond acceptors (Lipinski definition) is 0. The zero-order valence-corrected chi connectivity index (χ0v) is 18.0. The van der Waals surface area contributed by atoms with E-state index in [2.05, 4.69) is 90.3 Å². The zero-order chi connectivity index (χ0) is 17.2. The second kappa shape index (κ2) is 4.93. The fourth-order valence-corrected chi connectivity index (χ4v) is 14.4. The van der Waals surface area contributed by atoms with Crippen LogP contribution in [0.25, 0.3) is 0 Å². The molecular formula is C21H30Si2. The molecule has 0 fully saturated rings. The van der Waals surface area contributed by atoms with E-state index in [-0.39, 0.29) is 5.41 Å². The second-order valence-electron chi connectivity index (χ2n) is 9.28. The molecule has 1 heterocycles. The van der Waals surface area contributed by atoms with Crippen LogP contribution >= 0.6 is 0 Å². The average molecular weight is 339 g/mol. The minimum absolute atomic E-state index is 0.211. The summed E-state index contributed by atoms with van der Waals surface area (Å²) in [4.78, 5) is 0. The minimum Gasteiger partial charge on any atom is -0.0627 e. The van der Waals surface area contributed by atoms with Crippen LogP contribution in [0.1, 0.15) is 31.9 Å². The van der Waals surface area contributed by atoms with Crippen LogP contribution in [-0.2, 0) is 5.41 Å². The van der Waals surface area contributed by atoms with Gasteiger partial charge in [0.2, 0.25) is 0 Å². The number of hydrogen-bond donors (Lipinski definition) is 0. The Labute approximate surface area is 144 Å². The van der Waals surface area contributed by atoms with Crippen LogP contribution in [-0.4, -0.2) is 16.1 Å². The van der Waals surface area contributed by atoms with Gasteiger partial charge in [-0.15, -0.1) is 0 Å². The lowest BCUT2D eigenvalue weighted by atomic mass is 9.87. The first-order valence-corrected chi connectivity index (χ1v) is 14.7. The SMILES string of the molecule is Cc1ccc2c(c1)[Si](C)(C)c1cccc(C(C)(C)C)c1[Si]2(C)C. The Bertz CT molecular complexity index is 777. The van der Waals surface area contributed by atoms with E-state index in [0.29, 0.717) is 0 Å². The molecule has 0 spiro atoms. The van der Waals surface area contributed by atoms with Crippen molar-refractivity contribution in [1.29, 1.82) is 0 Å². The van der Waals surface area contributed by atoms with Crippen molar-refractivity contribution >= 4 is 36.9 Å². The molecule has 1 aliphatic rings. The molecule has 2 heteroatoms. The smallest absolute Gasteiger partial charge is 0.0627 e. The molecule has 0 radical (unpaired) electrons. The van der Waals surface area contributed by atoms with E-state index in [1.54, 1.807) is 26.3 Å².